The van der Waals surface area contributed by atoms with Crippen LogP contribution in [-0.2, 0) is 5.41 Å². The number of imidazole rings is 1. The van der Waals surface area contributed by atoms with Crippen LogP contribution in [0.2, 0.25) is 0 Å². The van der Waals surface area contributed by atoms with Crippen LogP contribution in [0.25, 0.3) is 0 Å². The highest BCUT2D eigenvalue weighted by molar-refractivity contribution is 5.50. The maximum atomic E-state index is 10.6. The molecule has 3 heteroatoms. The van der Waals surface area contributed by atoms with Crippen molar-refractivity contribution in [2.24, 2.45) is 5.92 Å². The van der Waals surface area contributed by atoms with Crippen molar-refractivity contribution in [3.05, 3.63) is 77.9 Å². The van der Waals surface area contributed by atoms with E-state index < -0.39 is 5.41 Å². The second kappa shape index (κ2) is 7.80. The van der Waals surface area contributed by atoms with E-state index in [1.807, 2.05) is 12.3 Å². The SMILES string of the molecule is CC(C)c1nccn1[C@H]1CCC([C@](C#N)(C2=CCCC=C2)c2ccccc2)C1. The summed E-state index contributed by atoms with van der Waals surface area (Å²) in [6.45, 7) is 4.40. The summed E-state index contributed by atoms with van der Waals surface area (Å²) in [4.78, 5) is 4.59. The molecule has 0 bridgehead atoms. The van der Waals surface area contributed by atoms with E-state index in [0.29, 0.717) is 17.9 Å². The molecule has 0 radical (unpaired) electrons. The number of hydrogen-bond donors (Lipinski definition) is 0. The molecule has 3 nitrogen and oxygen atoms in total. The van der Waals surface area contributed by atoms with Gasteiger partial charge in [0, 0.05) is 24.4 Å². The van der Waals surface area contributed by atoms with Gasteiger partial charge in [-0.05, 0) is 49.2 Å². The smallest absolute Gasteiger partial charge is 0.111 e. The Labute approximate surface area is 168 Å². The summed E-state index contributed by atoms with van der Waals surface area (Å²) in [6, 6.07) is 13.7. The van der Waals surface area contributed by atoms with Gasteiger partial charge in [0.05, 0.1) is 6.07 Å². The van der Waals surface area contributed by atoms with E-state index in [1.165, 1.54) is 5.57 Å². The van der Waals surface area contributed by atoms with Crippen molar-refractivity contribution < 1.29 is 0 Å². The number of nitrogens with zero attached hydrogens (tertiary/aromatic N) is 3. The fraction of sp³-hybridized carbons (Fsp3) is 0.440. The Bertz CT molecular complexity index is 913. The minimum Gasteiger partial charge on any atom is -0.332 e. The maximum Gasteiger partial charge on any atom is 0.111 e. The molecule has 1 aromatic heterocycles. The zero-order chi connectivity index (χ0) is 19.6. The molecular formula is C25H29N3. The van der Waals surface area contributed by atoms with Gasteiger partial charge >= 0.3 is 0 Å². The lowest BCUT2D eigenvalue weighted by Gasteiger charge is -2.36. The standard InChI is InChI=1S/C25H29N3/c1-19(2)24-27-15-16-28(24)23-14-13-22(17-23)25(18-26,20-9-5-3-6-10-20)21-11-7-4-8-12-21/h3,5-7,9-12,15-16,19,22-23H,4,8,13-14,17H2,1-2H3/t22?,23-,25-/m0/s1. The molecule has 28 heavy (non-hydrogen) atoms. The molecule has 144 valence electrons. The maximum absolute atomic E-state index is 10.6. The Morgan fingerprint density at radius 2 is 2.00 bits per heavy atom. The van der Waals surface area contributed by atoms with Crippen molar-refractivity contribution >= 4 is 0 Å². The molecule has 2 aliphatic rings. The van der Waals surface area contributed by atoms with Gasteiger partial charge in [0.1, 0.15) is 11.2 Å². The van der Waals surface area contributed by atoms with Crippen molar-refractivity contribution in [3.8, 4) is 6.07 Å². The van der Waals surface area contributed by atoms with E-state index >= 15 is 0 Å². The van der Waals surface area contributed by atoms with E-state index in [9.17, 15) is 5.26 Å². The first-order valence-corrected chi connectivity index (χ1v) is 10.5. The Morgan fingerprint density at radius 1 is 1.18 bits per heavy atom. The average molecular weight is 372 g/mol. The Kier molecular flexibility index (Phi) is 5.22. The highest BCUT2D eigenvalue weighted by Gasteiger charge is 2.47. The molecule has 0 amide bonds. The van der Waals surface area contributed by atoms with E-state index in [0.717, 1.165) is 43.5 Å². The minimum atomic E-state index is -0.564. The van der Waals surface area contributed by atoms with Crippen LogP contribution in [0.5, 0.6) is 0 Å². The lowest BCUT2D eigenvalue weighted by Crippen LogP contribution is -2.35. The van der Waals surface area contributed by atoms with Crippen molar-refractivity contribution in [2.45, 2.75) is 63.3 Å². The molecule has 1 saturated carbocycles. The number of nitriles is 1. The zero-order valence-corrected chi connectivity index (χ0v) is 16.9. The van der Waals surface area contributed by atoms with Gasteiger partial charge in [-0.2, -0.15) is 5.26 Å². The number of aromatic nitrogens is 2. The van der Waals surface area contributed by atoms with Crippen LogP contribution in [0.1, 0.15) is 69.3 Å². The number of rotatable bonds is 5. The highest BCUT2D eigenvalue weighted by Crippen LogP contribution is 2.51. The zero-order valence-electron chi connectivity index (χ0n) is 16.9. The summed E-state index contributed by atoms with van der Waals surface area (Å²) in [5.74, 6) is 1.87. The van der Waals surface area contributed by atoms with Gasteiger partial charge in [-0.1, -0.05) is 62.4 Å². The predicted molar refractivity (Wildman–Crippen MR) is 113 cm³/mol. The van der Waals surface area contributed by atoms with Crippen LogP contribution in [0.4, 0.5) is 0 Å². The Hall–Kier alpha value is -2.60. The topological polar surface area (TPSA) is 41.6 Å². The summed E-state index contributed by atoms with van der Waals surface area (Å²) in [5.41, 5.74) is 1.76. The molecule has 2 aromatic rings. The average Bonchev–Trinajstić information content (AvgIpc) is 3.41. The van der Waals surface area contributed by atoms with Gasteiger partial charge < -0.3 is 4.57 Å². The number of benzene rings is 1. The fourth-order valence-electron chi connectivity index (χ4n) is 5.15. The second-order valence-corrected chi connectivity index (χ2v) is 8.44. The van der Waals surface area contributed by atoms with Crippen molar-refractivity contribution in [2.75, 3.05) is 0 Å². The second-order valence-electron chi connectivity index (χ2n) is 8.44. The third-order valence-corrected chi connectivity index (χ3v) is 6.48. The van der Waals surface area contributed by atoms with Crippen LogP contribution >= 0.6 is 0 Å². The first-order valence-electron chi connectivity index (χ1n) is 10.5. The van der Waals surface area contributed by atoms with Crippen molar-refractivity contribution in [1.82, 2.24) is 9.55 Å². The summed E-state index contributed by atoms with van der Waals surface area (Å²) >= 11 is 0. The number of allylic oxidation sites excluding steroid dienone is 4. The van der Waals surface area contributed by atoms with Gasteiger partial charge in [0.25, 0.3) is 0 Å². The van der Waals surface area contributed by atoms with Gasteiger partial charge in [-0.25, -0.2) is 4.98 Å². The van der Waals surface area contributed by atoms with Crippen molar-refractivity contribution in [1.29, 1.82) is 5.26 Å². The predicted octanol–water partition coefficient (Wildman–Crippen LogP) is 6.09. The molecule has 4 rings (SSSR count). The quantitative estimate of drug-likeness (QED) is 0.638. The molecule has 0 saturated heterocycles. The first kappa shape index (κ1) is 18.7. The molecule has 3 atom stereocenters. The summed E-state index contributed by atoms with van der Waals surface area (Å²) < 4.78 is 2.36. The van der Waals surface area contributed by atoms with Crippen LogP contribution in [0, 0.1) is 17.2 Å². The van der Waals surface area contributed by atoms with Crippen molar-refractivity contribution in [3.63, 3.8) is 0 Å². The van der Waals surface area contributed by atoms with Crippen LogP contribution in [-0.4, -0.2) is 9.55 Å². The molecule has 0 aliphatic heterocycles. The normalized spacial score (nSPS) is 24.0. The summed E-state index contributed by atoms with van der Waals surface area (Å²) in [5, 5.41) is 10.6. The fourth-order valence-corrected chi connectivity index (χ4v) is 5.15. The molecule has 2 aliphatic carbocycles. The number of hydrogen-bond acceptors (Lipinski definition) is 2. The van der Waals surface area contributed by atoms with Gasteiger partial charge in [-0.3, -0.25) is 0 Å². The summed E-state index contributed by atoms with van der Waals surface area (Å²) in [6.07, 6.45) is 16.0. The van der Waals surface area contributed by atoms with E-state index in [2.05, 4.69) is 78.2 Å². The van der Waals surface area contributed by atoms with Crippen LogP contribution < -0.4 is 0 Å². The van der Waals surface area contributed by atoms with E-state index in [-0.39, 0.29) is 0 Å². The van der Waals surface area contributed by atoms with Crippen LogP contribution in [0.3, 0.4) is 0 Å². The molecule has 1 fully saturated rings. The molecule has 0 N–H and O–H groups in total. The monoisotopic (exact) mass is 371 g/mol. The highest BCUT2D eigenvalue weighted by atomic mass is 15.1. The minimum absolute atomic E-state index is 0.307. The molecule has 0 spiro atoms. The van der Waals surface area contributed by atoms with Crippen LogP contribution in [0.15, 0.2) is 66.5 Å². The molecule has 1 aromatic carbocycles. The van der Waals surface area contributed by atoms with Gasteiger partial charge in [0.15, 0.2) is 0 Å². The Morgan fingerprint density at radius 3 is 2.68 bits per heavy atom. The molecule has 1 unspecified atom stereocenters. The summed E-state index contributed by atoms with van der Waals surface area (Å²) in [7, 11) is 0. The van der Waals surface area contributed by atoms with E-state index in [1.54, 1.807) is 0 Å². The molecule has 1 heterocycles. The van der Waals surface area contributed by atoms with Gasteiger partial charge in [0.2, 0.25) is 0 Å². The third-order valence-electron chi connectivity index (χ3n) is 6.48. The largest absolute Gasteiger partial charge is 0.332 e. The Balaban J connectivity index is 1.72. The van der Waals surface area contributed by atoms with E-state index in [4.69, 9.17) is 0 Å². The third kappa shape index (κ3) is 3.11. The first-order chi connectivity index (χ1) is 13.7. The lowest BCUT2D eigenvalue weighted by atomic mass is 9.64. The van der Waals surface area contributed by atoms with Gasteiger partial charge in [-0.15, -0.1) is 0 Å². The molecular weight excluding hydrogens is 342 g/mol. The lowest BCUT2D eigenvalue weighted by molar-refractivity contribution is 0.376.